The smallest absolute Gasteiger partial charge is 0.416 e. The number of pyridine rings is 2. The first-order chi connectivity index (χ1) is 14.7. The molecule has 0 bridgehead atoms. The van der Waals surface area contributed by atoms with Crippen molar-refractivity contribution < 1.29 is 22.7 Å². The van der Waals surface area contributed by atoms with Gasteiger partial charge in [-0.3, -0.25) is 4.79 Å². The molecule has 164 valence electrons. The second-order valence-electron chi connectivity index (χ2n) is 7.36. The molecule has 2 N–H and O–H groups in total. The highest BCUT2D eigenvalue weighted by Crippen LogP contribution is 2.31. The summed E-state index contributed by atoms with van der Waals surface area (Å²) in [7, 11) is 0. The van der Waals surface area contributed by atoms with Crippen LogP contribution in [-0.2, 0) is 6.18 Å². The zero-order valence-electron chi connectivity index (χ0n) is 17.2. The summed E-state index contributed by atoms with van der Waals surface area (Å²) >= 11 is 0. The lowest BCUT2D eigenvalue weighted by Gasteiger charge is -2.11. The van der Waals surface area contributed by atoms with Crippen LogP contribution < -0.4 is 15.4 Å². The number of benzene rings is 1. The molecule has 0 aliphatic rings. The minimum absolute atomic E-state index is 0.161. The molecule has 0 fully saturated rings. The van der Waals surface area contributed by atoms with Gasteiger partial charge in [-0.15, -0.1) is 0 Å². The zero-order valence-corrected chi connectivity index (χ0v) is 17.2. The van der Waals surface area contributed by atoms with Gasteiger partial charge in [0, 0.05) is 29.8 Å². The Bertz CT molecular complexity index is 1050. The number of carbonyl (C=O) groups excluding carboxylic acids is 1. The quantitative estimate of drug-likeness (QED) is 0.512. The van der Waals surface area contributed by atoms with E-state index in [0.29, 0.717) is 28.2 Å². The molecule has 0 spiro atoms. The number of alkyl halides is 3. The Morgan fingerprint density at radius 1 is 1.13 bits per heavy atom. The van der Waals surface area contributed by atoms with Crippen molar-refractivity contribution in [1.29, 1.82) is 0 Å². The number of aromatic nitrogens is 2. The van der Waals surface area contributed by atoms with Crippen LogP contribution in [0.3, 0.4) is 0 Å². The molecule has 0 radical (unpaired) electrons. The summed E-state index contributed by atoms with van der Waals surface area (Å²) in [6.07, 6.45) is -2.83. The second-order valence-corrected chi connectivity index (χ2v) is 7.36. The summed E-state index contributed by atoms with van der Waals surface area (Å²) in [5.74, 6) is 1.09. The maximum atomic E-state index is 12.8. The molecule has 3 rings (SSSR count). The molecule has 0 unspecified atom stereocenters. The van der Waals surface area contributed by atoms with E-state index in [9.17, 15) is 18.0 Å². The zero-order chi connectivity index (χ0) is 22.4. The lowest BCUT2D eigenvalue weighted by molar-refractivity contribution is -0.137. The monoisotopic (exact) mass is 432 g/mol. The summed E-state index contributed by atoms with van der Waals surface area (Å²) in [5.41, 5.74) is 0.148. The minimum Gasteiger partial charge on any atom is -0.476 e. The molecular formula is C22H23F3N4O2. The van der Waals surface area contributed by atoms with E-state index in [0.717, 1.165) is 18.7 Å². The van der Waals surface area contributed by atoms with Crippen LogP contribution in [-0.4, -0.2) is 35.6 Å². The summed E-state index contributed by atoms with van der Waals surface area (Å²) < 4.78 is 43.9. The van der Waals surface area contributed by atoms with Crippen LogP contribution in [0.5, 0.6) is 5.88 Å². The van der Waals surface area contributed by atoms with Crippen LogP contribution in [0.4, 0.5) is 19.0 Å². The van der Waals surface area contributed by atoms with Gasteiger partial charge >= 0.3 is 6.18 Å². The van der Waals surface area contributed by atoms with Crippen LogP contribution in [0.15, 0.2) is 48.7 Å². The van der Waals surface area contributed by atoms with Crippen molar-refractivity contribution in [3.63, 3.8) is 0 Å². The maximum Gasteiger partial charge on any atom is 0.416 e. The first-order valence-electron chi connectivity index (χ1n) is 9.81. The fraction of sp³-hybridized carbons (Fsp3) is 0.318. The number of ether oxygens (including phenoxy) is 1. The molecular weight excluding hydrogens is 409 g/mol. The van der Waals surface area contributed by atoms with Crippen LogP contribution in [0, 0.1) is 5.92 Å². The first kappa shape index (κ1) is 22.3. The van der Waals surface area contributed by atoms with Crippen molar-refractivity contribution in [3.8, 4) is 5.88 Å². The van der Waals surface area contributed by atoms with Gasteiger partial charge in [0.05, 0.1) is 17.6 Å². The highest BCUT2D eigenvalue weighted by molar-refractivity contribution is 5.94. The van der Waals surface area contributed by atoms with Crippen LogP contribution in [0.1, 0.15) is 29.8 Å². The molecule has 6 nitrogen and oxygen atoms in total. The van der Waals surface area contributed by atoms with Gasteiger partial charge in [-0.05, 0) is 42.3 Å². The molecule has 2 heterocycles. The molecule has 0 saturated heterocycles. The van der Waals surface area contributed by atoms with Gasteiger partial charge in [-0.25, -0.2) is 9.97 Å². The molecule has 2 aromatic heterocycles. The summed E-state index contributed by atoms with van der Waals surface area (Å²) in [4.78, 5) is 20.7. The number of anilines is 1. The standard InChI is InChI=1S/C22H23F3N4O2/c1-14(2)13-28-19-12-16(7-8-26-19)21(30)27-9-10-31-20-6-3-15-11-17(22(23,24)25)4-5-18(15)29-20/h3-8,11-12,14H,9-10,13H2,1-2H3,(H,26,28)(H,27,30). The number of nitrogens with one attached hydrogen (secondary N) is 2. The van der Waals surface area contributed by atoms with Gasteiger partial charge in [0.15, 0.2) is 0 Å². The van der Waals surface area contributed by atoms with Crippen molar-refractivity contribution in [2.24, 2.45) is 5.92 Å². The van der Waals surface area contributed by atoms with Gasteiger partial charge in [0.2, 0.25) is 5.88 Å². The third-order valence-electron chi connectivity index (χ3n) is 4.34. The highest BCUT2D eigenvalue weighted by Gasteiger charge is 2.30. The van der Waals surface area contributed by atoms with Crippen LogP contribution >= 0.6 is 0 Å². The van der Waals surface area contributed by atoms with Crippen molar-refractivity contribution >= 4 is 22.6 Å². The topological polar surface area (TPSA) is 76.1 Å². The van der Waals surface area contributed by atoms with E-state index in [-0.39, 0.29) is 24.9 Å². The van der Waals surface area contributed by atoms with Crippen molar-refractivity contribution in [1.82, 2.24) is 15.3 Å². The predicted molar refractivity (Wildman–Crippen MR) is 112 cm³/mol. The van der Waals surface area contributed by atoms with E-state index in [1.807, 2.05) is 0 Å². The van der Waals surface area contributed by atoms with Gasteiger partial charge in [-0.2, -0.15) is 13.2 Å². The number of carbonyl (C=O) groups is 1. The predicted octanol–water partition coefficient (Wildman–Crippen LogP) is 4.53. The Kier molecular flexibility index (Phi) is 6.94. The molecule has 0 aliphatic heterocycles. The fourth-order valence-corrected chi connectivity index (χ4v) is 2.76. The van der Waals surface area contributed by atoms with Gasteiger partial charge in [0.1, 0.15) is 12.4 Å². The highest BCUT2D eigenvalue weighted by atomic mass is 19.4. The number of amides is 1. The Morgan fingerprint density at radius 3 is 2.68 bits per heavy atom. The van der Waals surface area contributed by atoms with Crippen molar-refractivity contribution in [2.75, 3.05) is 25.0 Å². The SMILES string of the molecule is CC(C)CNc1cc(C(=O)NCCOc2ccc3cc(C(F)(F)F)ccc3n2)ccn1. The molecule has 0 atom stereocenters. The third kappa shape index (κ3) is 6.31. The minimum atomic E-state index is -4.40. The first-order valence-corrected chi connectivity index (χ1v) is 9.81. The lowest BCUT2D eigenvalue weighted by atomic mass is 10.1. The van der Waals surface area contributed by atoms with Crippen LogP contribution in [0.25, 0.3) is 10.9 Å². The molecule has 3 aromatic rings. The van der Waals surface area contributed by atoms with Gasteiger partial charge in [-0.1, -0.05) is 13.8 Å². The number of halogens is 3. The van der Waals surface area contributed by atoms with Crippen LogP contribution in [0.2, 0.25) is 0 Å². The Labute approximate surface area is 177 Å². The summed E-state index contributed by atoms with van der Waals surface area (Å²) in [6, 6.07) is 9.66. The summed E-state index contributed by atoms with van der Waals surface area (Å²) in [6.45, 7) is 5.31. The van der Waals surface area contributed by atoms with Gasteiger partial charge in [0.25, 0.3) is 5.91 Å². The van der Waals surface area contributed by atoms with E-state index < -0.39 is 11.7 Å². The van der Waals surface area contributed by atoms with E-state index in [2.05, 4.69) is 34.4 Å². The molecule has 9 heteroatoms. The number of fused-ring (bicyclic) bond motifs is 1. The molecule has 1 aromatic carbocycles. The van der Waals surface area contributed by atoms with E-state index >= 15 is 0 Å². The molecule has 1 amide bonds. The van der Waals surface area contributed by atoms with Gasteiger partial charge < -0.3 is 15.4 Å². The number of rotatable bonds is 8. The second kappa shape index (κ2) is 9.63. The van der Waals surface area contributed by atoms with E-state index in [1.54, 1.807) is 18.3 Å². The fourth-order valence-electron chi connectivity index (χ4n) is 2.76. The Hall–Kier alpha value is -3.36. The normalized spacial score (nSPS) is 11.5. The molecule has 31 heavy (non-hydrogen) atoms. The molecule has 0 aliphatic carbocycles. The average molecular weight is 432 g/mol. The maximum absolute atomic E-state index is 12.8. The Morgan fingerprint density at radius 2 is 1.94 bits per heavy atom. The third-order valence-corrected chi connectivity index (χ3v) is 4.34. The largest absolute Gasteiger partial charge is 0.476 e. The summed E-state index contributed by atoms with van der Waals surface area (Å²) in [5, 5.41) is 6.29. The Balaban J connectivity index is 1.51. The lowest BCUT2D eigenvalue weighted by Crippen LogP contribution is -2.28. The number of nitrogens with zero attached hydrogens (tertiary/aromatic N) is 2. The number of hydrogen-bond donors (Lipinski definition) is 2. The van der Waals surface area contributed by atoms with Crippen molar-refractivity contribution in [2.45, 2.75) is 20.0 Å². The van der Waals surface area contributed by atoms with E-state index in [1.165, 1.54) is 18.2 Å². The van der Waals surface area contributed by atoms with Crippen molar-refractivity contribution in [3.05, 3.63) is 59.8 Å². The molecule has 0 saturated carbocycles. The van der Waals surface area contributed by atoms with E-state index in [4.69, 9.17) is 4.74 Å². The number of hydrogen-bond acceptors (Lipinski definition) is 5. The average Bonchev–Trinajstić information content (AvgIpc) is 2.74.